The maximum atomic E-state index is 3.55. The number of hydrogen-bond donors (Lipinski definition) is 2. The normalized spacial score (nSPS) is 17.1. The fourth-order valence-corrected chi connectivity index (χ4v) is 2.22. The Morgan fingerprint density at radius 2 is 1.71 bits per heavy atom. The number of nitrogens with zero attached hydrogens (tertiary/aromatic N) is 1. The van der Waals surface area contributed by atoms with Crippen molar-refractivity contribution in [2.45, 2.75) is 20.8 Å². The summed E-state index contributed by atoms with van der Waals surface area (Å²) >= 11 is 0. The summed E-state index contributed by atoms with van der Waals surface area (Å²) in [4.78, 5) is 2.45. The second-order valence-electron chi connectivity index (χ2n) is 4.95. The molecule has 0 saturated carbocycles. The lowest BCUT2D eigenvalue weighted by molar-refractivity contribution is 0.256. The number of nitrogens with one attached hydrogen (secondary N) is 2. The first-order chi connectivity index (χ1) is 8.16. The van der Waals surface area contributed by atoms with Gasteiger partial charge in [0.2, 0.25) is 0 Å². The Kier molecular flexibility index (Phi) is 4.02. The third-order valence-electron chi connectivity index (χ3n) is 3.54. The van der Waals surface area contributed by atoms with E-state index in [2.05, 4.69) is 48.4 Å². The van der Waals surface area contributed by atoms with E-state index in [4.69, 9.17) is 0 Å². The second-order valence-corrected chi connectivity index (χ2v) is 4.95. The van der Waals surface area contributed by atoms with Crippen molar-refractivity contribution in [3.63, 3.8) is 0 Å². The smallest absolute Gasteiger partial charge is 0.0679 e. The van der Waals surface area contributed by atoms with Crippen molar-refractivity contribution in [1.82, 2.24) is 10.2 Å². The highest BCUT2D eigenvalue weighted by Crippen LogP contribution is 2.19. The van der Waals surface area contributed by atoms with Gasteiger partial charge in [0.15, 0.2) is 0 Å². The third-order valence-corrected chi connectivity index (χ3v) is 3.54. The topological polar surface area (TPSA) is 27.3 Å². The highest BCUT2D eigenvalue weighted by molar-refractivity contribution is 5.54. The van der Waals surface area contributed by atoms with Crippen LogP contribution in [0.3, 0.4) is 0 Å². The molecule has 17 heavy (non-hydrogen) atoms. The summed E-state index contributed by atoms with van der Waals surface area (Å²) in [5.41, 5.74) is 5.34. The Balaban J connectivity index is 1.96. The highest BCUT2D eigenvalue weighted by atomic mass is 15.3. The molecule has 0 aliphatic carbocycles. The van der Waals surface area contributed by atoms with Crippen LogP contribution < -0.4 is 10.6 Å². The second kappa shape index (κ2) is 5.52. The van der Waals surface area contributed by atoms with Crippen molar-refractivity contribution in [3.05, 3.63) is 28.8 Å². The van der Waals surface area contributed by atoms with E-state index in [0.29, 0.717) is 0 Å². The predicted octanol–water partition coefficient (Wildman–Crippen LogP) is 1.89. The molecule has 0 aromatic heterocycles. The molecule has 3 heteroatoms. The van der Waals surface area contributed by atoms with E-state index in [-0.39, 0.29) is 0 Å². The highest BCUT2D eigenvalue weighted by Gasteiger charge is 2.09. The van der Waals surface area contributed by atoms with Gasteiger partial charge in [-0.15, -0.1) is 0 Å². The predicted molar refractivity (Wildman–Crippen MR) is 73.6 cm³/mol. The van der Waals surface area contributed by atoms with E-state index in [1.54, 1.807) is 0 Å². The average molecular weight is 233 g/mol. The van der Waals surface area contributed by atoms with E-state index in [1.807, 2.05) is 0 Å². The first-order valence-corrected chi connectivity index (χ1v) is 6.41. The lowest BCUT2D eigenvalue weighted by atomic mass is 10.1. The molecule has 0 amide bonds. The molecule has 0 radical (unpaired) electrons. The van der Waals surface area contributed by atoms with Crippen LogP contribution in [-0.4, -0.2) is 37.7 Å². The molecule has 1 aromatic rings. The van der Waals surface area contributed by atoms with Gasteiger partial charge in [0.25, 0.3) is 0 Å². The minimum atomic E-state index is 0.949. The van der Waals surface area contributed by atoms with E-state index in [9.17, 15) is 0 Å². The Morgan fingerprint density at radius 3 is 2.41 bits per heavy atom. The van der Waals surface area contributed by atoms with E-state index in [1.165, 1.54) is 22.4 Å². The molecule has 0 unspecified atom stereocenters. The minimum absolute atomic E-state index is 0.949. The van der Waals surface area contributed by atoms with Crippen molar-refractivity contribution in [3.8, 4) is 0 Å². The quantitative estimate of drug-likeness (QED) is 0.835. The monoisotopic (exact) mass is 233 g/mol. The molecular weight excluding hydrogens is 210 g/mol. The van der Waals surface area contributed by atoms with Gasteiger partial charge in [-0.2, -0.15) is 0 Å². The molecule has 1 fully saturated rings. The fourth-order valence-electron chi connectivity index (χ4n) is 2.22. The zero-order chi connectivity index (χ0) is 12.3. The van der Waals surface area contributed by atoms with Crippen LogP contribution >= 0.6 is 0 Å². The van der Waals surface area contributed by atoms with Gasteiger partial charge in [-0.25, -0.2) is 0 Å². The molecule has 94 valence electrons. The van der Waals surface area contributed by atoms with Crippen molar-refractivity contribution in [2.75, 3.05) is 38.2 Å². The number of hydrogen-bond acceptors (Lipinski definition) is 3. The van der Waals surface area contributed by atoms with E-state index >= 15 is 0 Å². The van der Waals surface area contributed by atoms with E-state index < -0.39 is 0 Å². The number of anilines is 1. The van der Waals surface area contributed by atoms with Gasteiger partial charge in [-0.05, 0) is 43.5 Å². The van der Waals surface area contributed by atoms with Crippen LogP contribution in [0.15, 0.2) is 12.1 Å². The standard InChI is InChI=1S/C14H23N3/c1-11-8-13(3)14(9-12(11)2)16-10-17-6-4-15-5-7-17/h8-9,15-16H,4-7,10H2,1-3H3. The van der Waals surface area contributed by atoms with Crippen LogP contribution in [0.5, 0.6) is 0 Å². The minimum Gasteiger partial charge on any atom is -0.372 e. The zero-order valence-electron chi connectivity index (χ0n) is 11.1. The SMILES string of the molecule is Cc1cc(C)c(NCN2CCNCC2)cc1C. The van der Waals surface area contributed by atoms with Crippen molar-refractivity contribution >= 4 is 5.69 Å². The van der Waals surface area contributed by atoms with Gasteiger partial charge < -0.3 is 10.6 Å². The molecule has 1 heterocycles. The molecule has 2 N–H and O–H groups in total. The first kappa shape index (κ1) is 12.4. The zero-order valence-corrected chi connectivity index (χ0v) is 11.1. The molecule has 1 saturated heterocycles. The molecule has 2 rings (SSSR count). The number of piperazine rings is 1. The lowest BCUT2D eigenvalue weighted by Crippen LogP contribution is -2.45. The Bertz CT molecular complexity index is 381. The van der Waals surface area contributed by atoms with Crippen LogP contribution in [0.4, 0.5) is 5.69 Å². The molecule has 0 bridgehead atoms. The average Bonchev–Trinajstić information content (AvgIpc) is 2.33. The summed E-state index contributed by atoms with van der Waals surface area (Å²) in [5, 5.41) is 6.92. The summed E-state index contributed by atoms with van der Waals surface area (Å²) in [5.74, 6) is 0. The molecule has 3 nitrogen and oxygen atoms in total. The van der Waals surface area contributed by atoms with Gasteiger partial charge >= 0.3 is 0 Å². The molecule has 1 aromatic carbocycles. The first-order valence-electron chi connectivity index (χ1n) is 6.41. The van der Waals surface area contributed by atoms with Crippen molar-refractivity contribution in [1.29, 1.82) is 0 Å². The van der Waals surface area contributed by atoms with E-state index in [0.717, 1.165) is 32.8 Å². The Morgan fingerprint density at radius 1 is 1.06 bits per heavy atom. The maximum Gasteiger partial charge on any atom is 0.0679 e. The van der Waals surface area contributed by atoms with Gasteiger partial charge in [0.05, 0.1) is 6.67 Å². The van der Waals surface area contributed by atoms with Gasteiger partial charge in [0, 0.05) is 31.9 Å². The molecule has 1 aliphatic rings. The van der Waals surface area contributed by atoms with Crippen LogP contribution in [0, 0.1) is 20.8 Å². The largest absolute Gasteiger partial charge is 0.372 e. The van der Waals surface area contributed by atoms with Gasteiger partial charge in [-0.3, -0.25) is 4.90 Å². The molecule has 1 aliphatic heterocycles. The Labute approximate surface area is 104 Å². The van der Waals surface area contributed by atoms with Gasteiger partial charge in [0.1, 0.15) is 0 Å². The van der Waals surface area contributed by atoms with Crippen LogP contribution in [0.1, 0.15) is 16.7 Å². The number of aryl methyl sites for hydroxylation is 3. The van der Waals surface area contributed by atoms with Crippen molar-refractivity contribution < 1.29 is 0 Å². The summed E-state index contributed by atoms with van der Waals surface area (Å²) in [6.07, 6.45) is 0. The summed E-state index contributed by atoms with van der Waals surface area (Å²) < 4.78 is 0. The summed E-state index contributed by atoms with van der Waals surface area (Å²) in [7, 11) is 0. The maximum absolute atomic E-state index is 3.55. The summed E-state index contributed by atoms with van der Waals surface area (Å²) in [6.45, 7) is 11.9. The number of rotatable bonds is 3. The fraction of sp³-hybridized carbons (Fsp3) is 0.571. The van der Waals surface area contributed by atoms with Crippen LogP contribution in [0.25, 0.3) is 0 Å². The van der Waals surface area contributed by atoms with Crippen LogP contribution in [-0.2, 0) is 0 Å². The summed E-state index contributed by atoms with van der Waals surface area (Å²) in [6, 6.07) is 4.52. The lowest BCUT2D eigenvalue weighted by Gasteiger charge is -2.28. The van der Waals surface area contributed by atoms with Gasteiger partial charge in [-0.1, -0.05) is 6.07 Å². The molecule has 0 spiro atoms. The third kappa shape index (κ3) is 3.20. The molecular formula is C14H23N3. The Hall–Kier alpha value is -1.06. The number of benzene rings is 1. The molecule has 0 atom stereocenters. The van der Waals surface area contributed by atoms with Crippen LogP contribution in [0.2, 0.25) is 0 Å². The van der Waals surface area contributed by atoms with Crippen molar-refractivity contribution in [2.24, 2.45) is 0 Å².